The van der Waals surface area contributed by atoms with Crippen molar-refractivity contribution in [3.63, 3.8) is 0 Å². The molecule has 0 radical (unpaired) electrons. The average Bonchev–Trinajstić information content (AvgIpc) is 2.46. The Kier molecular flexibility index (Phi) is 7.11. The highest BCUT2D eigenvalue weighted by Gasteiger charge is 2.09. The number of hydrogen-bond acceptors (Lipinski definition) is 0. The summed E-state index contributed by atoms with van der Waals surface area (Å²) in [4.78, 5) is 0. The second-order valence-electron chi connectivity index (χ2n) is 6.17. The van der Waals surface area contributed by atoms with Crippen LogP contribution < -0.4 is 0 Å². The first-order valence-electron chi connectivity index (χ1n) is 8.22. The van der Waals surface area contributed by atoms with E-state index >= 15 is 0 Å². The first-order valence-corrected chi connectivity index (χ1v) is 8.22. The molecule has 0 aliphatic heterocycles. The van der Waals surface area contributed by atoms with Crippen LogP contribution in [0.15, 0.2) is 65.8 Å². The molecule has 1 aromatic carbocycles. The summed E-state index contributed by atoms with van der Waals surface area (Å²) < 4.78 is 0. The molecule has 0 saturated carbocycles. The van der Waals surface area contributed by atoms with Crippen LogP contribution in [-0.2, 0) is 0 Å². The van der Waals surface area contributed by atoms with Crippen molar-refractivity contribution in [2.24, 2.45) is 5.92 Å². The van der Waals surface area contributed by atoms with Crippen LogP contribution >= 0.6 is 0 Å². The van der Waals surface area contributed by atoms with Crippen molar-refractivity contribution in [3.8, 4) is 0 Å². The van der Waals surface area contributed by atoms with E-state index in [0.717, 1.165) is 12.0 Å². The third-order valence-electron chi connectivity index (χ3n) is 3.81. The summed E-state index contributed by atoms with van der Waals surface area (Å²) in [6.45, 7) is 17.1. The molecule has 118 valence electrons. The van der Waals surface area contributed by atoms with Crippen molar-refractivity contribution < 1.29 is 0 Å². The summed E-state index contributed by atoms with van der Waals surface area (Å²) >= 11 is 0. The highest BCUT2D eigenvalue weighted by molar-refractivity contribution is 5.82. The quantitative estimate of drug-likeness (QED) is 0.501. The van der Waals surface area contributed by atoms with E-state index in [-0.39, 0.29) is 0 Å². The predicted molar refractivity (Wildman–Crippen MR) is 101 cm³/mol. The summed E-state index contributed by atoms with van der Waals surface area (Å²) in [5.74, 6) is 0.480. The maximum atomic E-state index is 4.14. The molecule has 0 unspecified atom stereocenters. The van der Waals surface area contributed by atoms with Crippen molar-refractivity contribution in [2.75, 3.05) is 0 Å². The lowest BCUT2D eigenvalue weighted by Crippen LogP contribution is -1.98. The van der Waals surface area contributed by atoms with Gasteiger partial charge in [0.05, 0.1) is 0 Å². The second-order valence-corrected chi connectivity index (χ2v) is 6.17. The van der Waals surface area contributed by atoms with Crippen LogP contribution in [0.25, 0.3) is 5.57 Å². The number of aryl methyl sites for hydroxylation is 1. The summed E-state index contributed by atoms with van der Waals surface area (Å²) in [6.07, 6.45) is 7.85. The Morgan fingerprint density at radius 3 is 2.18 bits per heavy atom. The molecule has 0 heteroatoms. The fraction of sp³-hybridized carbons (Fsp3) is 0.364. The molecule has 22 heavy (non-hydrogen) atoms. The number of hydrogen-bond donors (Lipinski definition) is 0. The predicted octanol–water partition coefficient (Wildman–Crippen LogP) is 6.89. The minimum absolute atomic E-state index is 0.480. The molecular weight excluding hydrogens is 264 g/mol. The molecule has 0 heterocycles. The zero-order chi connectivity index (χ0) is 16.7. The van der Waals surface area contributed by atoms with E-state index in [0.29, 0.717) is 5.92 Å². The Bertz CT molecular complexity index is 589. The highest BCUT2D eigenvalue weighted by atomic mass is 14.1. The minimum atomic E-state index is 0.480. The van der Waals surface area contributed by atoms with Gasteiger partial charge in [-0.15, -0.1) is 0 Å². The topological polar surface area (TPSA) is 0 Å². The lowest BCUT2D eigenvalue weighted by Gasteiger charge is -2.15. The Morgan fingerprint density at radius 2 is 1.77 bits per heavy atom. The molecule has 0 N–H and O–H groups in total. The zero-order valence-corrected chi connectivity index (χ0v) is 15.0. The molecule has 0 spiro atoms. The standard InChI is InChI=1S/C22H30/c1-8-10-20(15-22(16(3)4)17(5)6)21(9-2)19-13-11-18(7)12-14-19/h9-15,17H,3,8H2,1-2,4-7H3/b20-10-,21-9-,22-15-. The lowest BCUT2D eigenvalue weighted by molar-refractivity contribution is 0.778. The molecule has 0 aliphatic rings. The van der Waals surface area contributed by atoms with Crippen molar-refractivity contribution in [1.29, 1.82) is 0 Å². The van der Waals surface area contributed by atoms with Gasteiger partial charge in [0.15, 0.2) is 0 Å². The van der Waals surface area contributed by atoms with Crippen LogP contribution in [0.3, 0.4) is 0 Å². The van der Waals surface area contributed by atoms with Gasteiger partial charge in [0.2, 0.25) is 0 Å². The SMILES string of the molecule is C=C(C)/C(=C/C(=C/CC)C(=C\C)/c1ccc(C)cc1)C(C)C. The maximum Gasteiger partial charge on any atom is -0.0157 e. The molecule has 0 atom stereocenters. The van der Waals surface area contributed by atoms with Crippen molar-refractivity contribution in [3.05, 3.63) is 76.9 Å². The highest BCUT2D eigenvalue weighted by Crippen LogP contribution is 2.29. The van der Waals surface area contributed by atoms with Gasteiger partial charge in [-0.25, -0.2) is 0 Å². The van der Waals surface area contributed by atoms with Gasteiger partial charge in [-0.05, 0) is 55.4 Å². The van der Waals surface area contributed by atoms with Crippen LogP contribution in [0.1, 0.15) is 52.2 Å². The van der Waals surface area contributed by atoms with E-state index in [1.165, 1.54) is 27.8 Å². The van der Waals surface area contributed by atoms with Gasteiger partial charge in [-0.3, -0.25) is 0 Å². The van der Waals surface area contributed by atoms with E-state index in [1.807, 2.05) is 0 Å². The van der Waals surface area contributed by atoms with Crippen LogP contribution in [0.2, 0.25) is 0 Å². The van der Waals surface area contributed by atoms with Crippen molar-refractivity contribution >= 4 is 5.57 Å². The molecule has 0 fully saturated rings. The maximum absolute atomic E-state index is 4.14. The van der Waals surface area contributed by atoms with Gasteiger partial charge < -0.3 is 0 Å². The average molecular weight is 294 g/mol. The van der Waals surface area contributed by atoms with Gasteiger partial charge in [0, 0.05) is 0 Å². The minimum Gasteiger partial charge on any atom is -0.0958 e. The first-order chi connectivity index (χ1) is 10.4. The van der Waals surface area contributed by atoms with Crippen LogP contribution in [0.4, 0.5) is 0 Å². The monoisotopic (exact) mass is 294 g/mol. The molecule has 1 rings (SSSR count). The molecule has 0 aromatic heterocycles. The zero-order valence-electron chi connectivity index (χ0n) is 15.0. The third-order valence-corrected chi connectivity index (χ3v) is 3.81. The number of benzene rings is 1. The van der Waals surface area contributed by atoms with Gasteiger partial charge in [0.1, 0.15) is 0 Å². The number of allylic oxidation sites excluding steroid dienone is 7. The van der Waals surface area contributed by atoms with Gasteiger partial charge in [0.25, 0.3) is 0 Å². The molecular formula is C22H30. The number of rotatable bonds is 6. The lowest BCUT2D eigenvalue weighted by atomic mass is 9.89. The Balaban J connectivity index is 3.35. The summed E-state index contributed by atoms with van der Waals surface area (Å²) in [5, 5.41) is 0. The molecule has 0 nitrogen and oxygen atoms in total. The molecule has 0 saturated heterocycles. The Morgan fingerprint density at radius 1 is 1.18 bits per heavy atom. The second kappa shape index (κ2) is 8.58. The van der Waals surface area contributed by atoms with Crippen LogP contribution in [0, 0.1) is 12.8 Å². The first kappa shape index (κ1) is 18.2. The fourth-order valence-corrected chi connectivity index (χ4v) is 2.65. The van der Waals surface area contributed by atoms with E-state index in [9.17, 15) is 0 Å². The van der Waals surface area contributed by atoms with Gasteiger partial charge >= 0.3 is 0 Å². The van der Waals surface area contributed by atoms with Gasteiger partial charge in [-0.2, -0.15) is 0 Å². The van der Waals surface area contributed by atoms with E-state index in [2.05, 4.69) is 90.6 Å². The van der Waals surface area contributed by atoms with Crippen LogP contribution in [-0.4, -0.2) is 0 Å². The van der Waals surface area contributed by atoms with E-state index in [4.69, 9.17) is 0 Å². The fourth-order valence-electron chi connectivity index (χ4n) is 2.65. The van der Waals surface area contributed by atoms with Gasteiger partial charge in [-0.1, -0.05) is 81.0 Å². The smallest absolute Gasteiger partial charge is 0.0157 e. The summed E-state index contributed by atoms with van der Waals surface area (Å²) in [6, 6.07) is 8.76. The van der Waals surface area contributed by atoms with Crippen molar-refractivity contribution in [2.45, 2.75) is 48.0 Å². The van der Waals surface area contributed by atoms with E-state index < -0.39 is 0 Å². The van der Waals surface area contributed by atoms with Crippen LogP contribution in [0.5, 0.6) is 0 Å². The molecule has 0 aliphatic carbocycles. The Hall–Kier alpha value is -1.82. The summed E-state index contributed by atoms with van der Waals surface area (Å²) in [7, 11) is 0. The summed E-state index contributed by atoms with van der Waals surface area (Å²) in [5.41, 5.74) is 7.62. The molecule has 0 amide bonds. The molecule has 1 aromatic rings. The molecule has 0 bridgehead atoms. The van der Waals surface area contributed by atoms with E-state index in [1.54, 1.807) is 0 Å². The van der Waals surface area contributed by atoms with Crippen molar-refractivity contribution in [1.82, 2.24) is 0 Å². The largest absolute Gasteiger partial charge is 0.0958 e. The Labute approximate surface area is 137 Å². The normalized spacial score (nSPS) is 13.7. The third kappa shape index (κ3) is 4.87.